The lowest BCUT2D eigenvalue weighted by molar-refractivity contribution is -0.0502. The first-order valence-electron chi connectivity index (χ1n) is 10.3. The van der Waals surface area contributed by atoms with Gasteiger partial charge in [0, 0.05) is 38.9 Å². The molecule has 1 N–H and O–H groups in total. The highest BCUT2D eigenvalue weighted by Gasteiger charge is 2.41. The normalized spacial score (nSPS) is 22.6. The first-order valence-corrected chi connectivity index (χ1v) is 10.3. The maximum absolute atomic E-state index is 13.9. The average Bonchev–Trinajstić information content (AvgIpc) is 3.18. The zero-order chi connectivity index (χ0) is 20.1. The summed E-state index contributed by atoms with van der Waals surface area (Å²) in [6, 6.07) is 13.9. The van der Waals surface area contributed by atoms with E-state index in [-0.39, 0.29) is 18.5 Å². The van der Waals surface area contributed by atoms with Crippen LogP contribution >= 0.6 is 0 Å². The molecule has 0 bridgehead atoms. The molecular formula is C22H28FN5O. The third-order valence-corrected chi connectivity index (χ3v) is 5.49. The Bertz CT molecular complexity index is 831. The van der Waals surface area contributed by atoms with E-state index in [1.807, 2.05) is 13.0 Å². The number of guanidine groups is 1. The molecular weight excluding hydrogens is 369 g/mol. The second-order valence-electron chi connectivity index (χ2n) is 7.44. The van der Waals surface area contributed by atoms with Crippen molar-refractivity contribution in [2.24, 2.45) is 4.99 Å². The average molecular weight is 397 g/mol. The number of benzene rings is 1. The van der Waals surface area contributed by atoms with Gasteiger partial charge in [-0.2, -0.15) is 0 Å². The molecule has 154 valence electrons. The molecule has 2 unspecified atom stereocenters. The first kappa shape index (κ1) is 19.8. The second kappa shape index (κ2) is 9.33. The molecule has 0 aliphatic carbocycles. The SMILES string of the molecule is CCNC(=NCc1ncccc1F)N1CC2OCCN(Cc3ccccc3)C2C1. The monoisotopic (exact) mass is 397 g/mol. The Kier molecular flexibility index (Phi) is 6.36. The number of ether oxygens (including phenoxy) is 1. The summed E-state index contributed by atoms with van der Waals surface area (Å²) < 4.78 is 20.0. The summed E-state index contributed by atoms with van der Waals surface area (Å²) in [5.74, 6) is 0.467. The van der Waals surface area contributed by atoms with E-state index in [0.29, 0.717) is 11.7 Å². The lowest BCUT2D eigenvalue weighted by Crippen LogP contribution is -2.50. The van der Waals surface area contributed by atoms with E-state index >= 15 is 0 Å². The maximum atomic E-state index is 13.9. The van der Waals surface area contributed by atoms with E-state index in [1.54, 1.807) is 12.3 Å². The predicted octanol–water partition coefficient (Wildman–Crippen LogP) is 2.27. The molecule has 0 radical (unpaired) electrons. The minimum absolute atomic E-state index is 0.155. The molecule has 4 rings (SSSR count). The van der Waals surface area contributed by atoms with Crippen molar-refractivity contribution in [3.63, 3.8) is 0 Å². The van der Waals surface area contributed by atoms with E-state index in [4.69, 9.17) is 4.74 Å². The van der Waals surface area contributed by atoms with Crippen LogP contribution in [0.1, 0.15) is 18.2 Å². The van der Waals surface area contributed by atoms with Crippen molar-refractivity contribution in [2.45, 2.75) is 32.2 Å². The highest BCUT2D eigenvalue weighted by molar-refractivity contribution is 5.80. The number of hydrogen-bond donors (Lipinski definition) is 1. The number of aromatic nitrogens is 1. The van der Waals surface area contributed by atoms with Crippen LogP contribution in [0.2, 0.25) is 0 Å². The summed E-state index contributed by atoms with van der Waals surface area (Å²) in [6.45, 7) is 7.23. The van der Waals surface area contributed by atoms with Gasteiger partial charge < -0.3 is 15.0 Å². The Morgan fingerprint density at radius 1 is 1.24 bits per heavy atom. The minimum atomic E-state index is -0.320. The summed E-state index contributed by atoms with van der Waals surface area (Å²) in [6.07, 6.45) is 1.75. The largest absolute Gasteiger partial charge is 0.373 e. The fourth-order valence-electron chi connectivity index (χ4n) is 4.06. The van der Waals surface area contributed by atoms with Crippen LogP contribution in [-0.4, -0.2) is 65.7 Å². The van der Waals surface area contributed by atoms with Crippen LogP contribution in [0.15, 0.2) is 53.7 Å². The van der Waals surface area contributed by atoms with Crippen LogP contribution in [-0.2, 0) is 17.8 Å². The molecule has 1 aromatic heterocycles. The Hall–Kier alpha value is -2.51. The van der Waals surface area contributed by atoms with Gasteiger partial charge in [0.2, 0.25) is 0 Å². The Balaban J connectivity index is 1.46. The number of aliphatic imine (C=N–C) groups is 1. The summed E-state index contributed by atoms with van der Waals surface area (Å²) in [4.78, 5) is 13.5. The smallest absolute Gasteiger partial charge is 0.194 e. The number of rotatable bonds is 5. The molecule has 7 heteroatoms. The number of likely N-dealkylation sites (tertiary alicyclic amines) is 1. The summed E-state index contributed by atoms with van der Waals surface area (Å²) >= 11 is 0. The van der Waals surface area contributed by atoms with E-state index in [9.17, 15) is 4.39 Å². The summed E-state index contributed by atoms with van der Waals surface area (Å²) in [5, 5.41) is 3.34. The summed E-state index contributed by atoms with van der Waals surface area (Å²) in [7, 11) is 0. The van der Waals surface area contributed by atoms with Crippen molar-refractivity contribution < 1.29 is 9.13 Å². The Labute approximate surface area is 171 Å². The molecule has 0 amide bonds. The van der Waals surface area contributed by atoms with Gasteiger partial charge in [0.15, 0.2) is 5.96 Å². The fraction of sp³-hybridized carbons (Fsp3) is 0.455. The van der Waals surface area contributed by atoms with Crippen molar-refractivity contribution in [1.82, 2.24) is 20.1 Å². The number of hydrogen-bond acceptors (Lipinski definition) is 4. The number of pyridine rings is 1. The van der Waals surface area contributed by atoms with Crippen molar-refractivity contribution in [1.29, 1.82) is 0 Å². The number of halogens is 1. The van der Waals surface area contributed by atoms with Gasteiger partial charge in [-0.3, -0.25) is 9.88 Å². The van der Waals surface area contributed by atoms with Gasteiger partial charge >= 0.3 is 0 Å². The second-order valence-corrected chi connectivity index (χ2v) is 7.44. The molecule has 2 aliphatic heterocycles. The zero-order valence-corrected chi connectivity index (χ0v) is 16.8. The van der Waals surface area contributed by atoms with Crippen molar-refractivity contribution in [2.75, 3.05) is 32.8 Å². The number of nitrogens with zero attached hydrogens (tertiary/aromatic N) is 4. The lowest BCUT2D eigenvalue weighted by atomic mass is 10.1. The van der Waals surface area contributed by atoms with Gasteiger partial charge in [0.25, 0.3) is 0 Å². The van der Waals surface area contributed by atoms with Gasteiger partial charge in [-0.25, -0.2) is 9.38 Å². The van der Waals surface area contributed by atoms with Gasteiger partial charge in [0.05, 0.1) is 31.0 Å². The van der Waals surface area contributed by atoms with Crippen molar-refractivity contribution >= 4 is 5.96 Å². The van der Waals surface area contributed by atoms with Gasteiger partial charge in [0.1, 0.15) is 5.82 Å². The molecule has 3 heterocycles. The Morgan fingerprint density at radius 3 is 2.90 bits per heavy atom. The minimum Gasteiger partial charge on any atom is -0.373 e. The lowest BCUT2D eigenvalue weighted by Gasteiger charge is -2.36. The van der Waals surface area contributed by atoms with Crippen LogP contribution in [0.5, 0.6) is 0 Å². The van der Waals surface area contributed by atoms with E-state index in [0.717, 1.165) is 45.3 Å². The molecule has 2 aromatic rings. The quantitative estimate of drug-likeness (QED) is 0.620. The Morgan fingerprint density at radius 2 is 2.10 bits per heavy atom. The van der Waals surface area contributed by atoms with Crippen LogP contribution < -0.4 is 5.32 Å². The zero-order valence-electron chi connectivity index (χ0n) is 16.8. The standard InChI is InChI=1S/C22H28FN5O/c1-2-24-22(26-13-19-18(23)9-6-10-25-19)28-15-20-21(16-28)29-12-11-27(20)14-17-7-4-3-5-8-17/h3-10,20-21H,2,11-16H2,1H3,(H,24,26). The van der Waals surface area contributed by atoms with Crippen molar-refractivity contribution in [3.05, 3.63) is 65.7 Å². The van der Waals surface area contributed by atoms with Gasteiger partial charge in [-0.05, 0) is 24.6 Å². The molecule has 0 spiro atoms. The fourth-order valence-corrected chi connectivity index (χ4v) is 4.06. The van der Waals surface area contributed by atoms with E-state index in [1.165, 1.54) is 11.6 Å². The molecule has 6 nitrogen and oxygen atoms in total. The number of nitrogens with one attached hydrogen (secondary N) is 1. The van der Waals surface area contributed by atoms with Crippen molar-refractivity contribution in [3.8, 4) is 0 Å². The first-order chi connectivity index (χ1) is 14.2. The maximum Gasteiger partial charge on any atom is 0.194 e. The van der Waals surface area contributed by atoms with Gasteiger partial charge in [-0.15, -0.1) is 0 Å². The van der Waals surface area contributed by atoms with Crippen LogP contribution in [0.3, 0.4) is 0 Å². The third kappa shape index (κ3) is 4.74. The van der Waals surface area contributed by atoms with E-state index in [2.05, 4.69) is 49.4 Å². The molecule has 29 heavy (non-hydrogen) atoms. The molecule has 1 aromatic carbocycles. The van der Waals surface area contributed by atoms with Crippen LogP contribution in [0.4, 0.5) is 4.39 Å². The molecule has 2 atom stereocenters. The summed E-state index contributed by atoms with van der Waals surface area (Å²) in [5.41, 5.74) is 1.68. The predicted molar refractivity (Wildman–Crippen MR) is 111 cm³/mol. The highest BCUT2D eigenvalue weighted by atomic mass is 19.1. The van der Waals surface area contributed by atoms with Gasteiger partial charge in [-0.1, -0.05) is 30.3 Å². The molecule has 0 saturated carbocycles. The number of fused-ring (bicyclic) bond motifs is 1. The topological polar surface area (TPSA) is 53.0 Å². The van der Waals surface area contributed by atoms with E-state index < -0.39 is 0 Å². The molecule has 2 aliphatic rings. The van der Waals surface area contributed by atoms with Crippen LogP contribution in [0.25, 0.3) is 0 Å². The van der Waals surface area contributed by atoms with Crippen LogP contribution in [0, 0.1) is 5.82 Å². The highest BCUT2D eigenvalue weighted by Crippen LogP contribution is 2.24. The third-order valence-electron chi connectivity index (χ3n) is 5.49. The number of morpholine rings is 1. The molecule has 2 saturated heterocycles. The molecule has 2 fully saturated rings.